The number of hydrogen-bond acceptors (Lipinski definition) is 3. The topological polar surface area (TPSA) is 63.2 Å². The summed E-state index contributed by atoms with van der Waals surface area (Å²) in [5.41, 5.74) is -0.385. The fraction of sp³-hybridized carbons (Fsp3) is 0.222. The van der Waals surface area contributed by atoms with Crippen LogP contribution in [0.2, 0.25) is 5.02 Å². The van der Waals surface area contributed by atoms with Gasteiger partial charge in [-0.2, -0.15) is 0 Å². The van der Waals surface area contributed by atoms with Crippen LogP contribution in [0.25, 0.3) is 0 Å². The average molecular weight is 266 g/mol. The van der Waals surface area contributed by atoms with Crippen LogP contribution >= 0.6 is 11.6 Å². The summed E-state index contributed by atoms with van der Waals surface area (Å²) in [6, 6.07) is 1.90. The van der Waals surface area contributed by atoms with E-state index in [-0.39, 0.29) is 23.3 Å². The Hall–Kier alpha value is -0.980. The summed E-state index contributed by atoms with van der Waals surface area (Å²) in [5.74, 6) is -0.924. The molecule has 0 amide bonds. The van der Waals surface area contributed by atoms with Gasteiger partial charge in [0.15, 0.2) is 12.1 Å². The molecule has 0 saturated heterocycles. The molecule has 0 atom stereocenters. The minimum Gasteiger partial charge on any atom is -0.298 e. The molecular formula is C9H9ClFNO3S. The molecule has 88 valence electrons. The summed E-state index contributed by atoms with van der Waals surface area (Å²) in [6.45, 7) is 1.79. The van der Waals surface area contributed by atoms with Crippen LogP contribution in [0.4, 0.5) is 4.39 Å². The summed E-state index contributed by atoms with van der Waals surface area (Å²) in [7, 11) is -3.74. The predicted molar refractivity (Wildman–Crippen MR) is 57.7 cm³/mol. The third-order valence-electron chi connectivity index (χ3n) is 1.80. The van der Waals surface area contributed by atoms with Crippen LogP contribution in [-0.4, -0.2) is 21.2 Å². The second-order valence-electron chi connectivity index (χ2n) is 2.93. The minimum atomic E-state index is -3.74. The number of carbonyl (C=O) groups is 1. The van der Waals surface area contributed by atoms with Gasteiger partial charge >= 0.3 is 0 Å². The van der Waals surface area contributed by atoms with Gasteiger partial charge in [0, 0.05) is 6.54 Å². The summed E-state index contributed by atoms with van der Waals surface area (Å²) < 4.78 is 38.5. The van der Waals surface area contributed by atoms with Crippen LogP contribution in [0.1, 0.15) is 17.3 Å². The maximum Gasteiger partial charge on any atom is 0.240 e. The molecule has 0 unspecified atom stereocenters. The Labute approximate surface area is 97.5 Å². The van der Waals surface area contributed by atoms with Crippen molar-refractivity contribution in [2.24, 2.45) is 0 Å². The van der Waals surface area contributed by atoms with Gasteiger partial charge in [-0.3, -0.25) is 4.79 Å². The number of halogens is 2. The Bertz CT molecular complexity index is 516. The molecule has 0 fully saturated rings. The van der Waals surface area contributed by atoms with Crippen LogP contribution in [0.3, 0.4) is 0 Å². The van der Waals surface area contributed by atoms with Crippen molar-refractivity contribution >= 4 is 27.9 Å². The van der Waals surface area contributed by atoms with E-state index in [1.807, 2.05) is 0 Å². The first-order chi connectivity index (χ1) is 7.42. The summed E-state index contributed by atoms with van der Waals surface area (Å²) in [5, 5.41) is -0.402. The molecule has 0 aliphatic heterocycles. The van der Waals surface area contributed by atoms with Crippen molar-refractivity contribution in [1.29, 1.82) is 0 Å². The molecule has 4 nitrogen and oxygen atoms in total. The van der Waals surface area contributed by atoms with E-state index < -0.39 is 20.9 Å². The Kier molecular flexibility index (Phi) is 4.01. The van der Waals surface area contributed by atoms with Crippen molar-refractivity contribution in [3.63, 3.8) is 0 Å². The van der Waals surface area contributed by atoms with E-state index in [0.29, 0.717) is 0 Å². The quantitative estimate of drug-likeness (QED) is 0.841. The molecule has 16 heavy (non-hydrogen) atoms. The van der Waals surface area contributed by atoms with Crippen LogP contribution in [0, 0.1) is 5.82 Å². The van der Waals surface area contributed by atoms with Crippen molar-refractivity contribution in [3.8, 4) is 0 Å². The Morgan fingerprint density at radius 3 is 2.62 bits per heavy atom. The minimum absolute atomic E-state index is 0.188. The molecule has 1 N–H and O–H groups in total. The smallest absolute Gasteiger partial charge is 0.240 e. The van der Waals surface area contributed by atoms with Gasteiger partial charge < -0.3 is 0 Å². The van der Waals surface area contributed by atoms with Crippen molar-refractivity contribution in [2.45, 2.75) is 11.8 Å². The van der Waals surface area contributed by atoms with Gasteiger partial charge in [-0.25, -0.2) is 17.5 Å². The summed E-state index contributed by atoms with van der Waals surface area (Å²) in [6.07, 6.45) is 0.214. The Morgan fingerprint density at radius 2 is 2.12 bits per heavy atom. The molecule has 1 aromatic carbocycles. The van der Waals surface area contributed by atoms with Gasteiger partial charge in [0.05, 0.1) is 15.5 Å². The van der Waals surface area contributed by atoms with Gasteiger partial charge in [0.2, 0.25) is 10.0 Å². The third kappa shape index (κ3) is 2.58. The molecular weight excluding hydrogens is 257 g/mol. The lowest BCUT2D eigenvalue weighted by molar-refractivity contribution is 0.111. The molecule has 0 radical (unpaired) electrons. The number of sulfonamides is 1. The molecule has 1 rings (SSSR count). The van der Waals surface area contributed by atoms with E-state index in [2.05, 4.69) is 4.72 Å². The zero-order valence-corrected chi connectivity index (χ0v) is 9.90. The van der Waals surface area contributed by atoms with Gasteiger partial charge in [-0.05, 0) is 12.1 Å². The molecule has 1 aromatic rings. The first-order valence-corrected chi connectivity index (χ1v) is 6.22. The molecule has 0 saturated carbocycles. The van der Waals surface area contributed by atoms with E-state index in [0.717, 1.165) is 12.1 Å². The first kappa shape index (κ1) is 13.1. The fourth-order valence-electron chi connectivity index (χ4n) is 1.10. The highest BCUT2D eigenvalue weighted by Crippen LogP contribution is 2.22. The van der Waals surface area contributed by atoms with Crippen LogP contribution in [-0.2, 0) is 10.0 Å². The molecule has 0 aromatic heterocycles. The van der Waals surface area contributed by atoms with Gasteiger partial charge in [-0.15, -0.1) is 0 Å². The van der Waals surface area contributed by atoms with Crippen molar-refractivity contribution in [1.82, 2.24) is 4.72 Å². The number of aldehydes is 1. The number of rotatable bonds is 4. The highest BCUT2D eigenvalue weighted by atomic mass is 35.5. The number of nitrogens with one attached hydrogen (secondary N) is 1. The van der Waals surface area contributed by atoms with E-state index in [1.54, 1.807) is 6.92 Å². The molecule has 0 aliphatic rings. The van der Waals surface area contributed by atoms with Crippen molar-refractivity contribution < 1.29 is 17.6 Å². The Balaban J connectivity index is 3.37. The zero-order chi connectivity index (χ0) is 12.3. The number of carbonyl (C=O) groups excluding carboxylic acids is 1. The fourth-order valence-corrected chi connectivity index (χ4v) is 2.49. The maximum atomic E-state index is 13.2. The van der Waals surface area contributed by atoms with E-state index >= 15 is 0 Å². The van der Waals surface area contributed by atoms with Gasteiger partial charge in [0.25, 0.3) is 0 Å². The van der Waals surface area contributed by atoms with E-state index in [1.165, 1.54) is 0 Å². The van der Waals surface area contributed by atoms with Crippen molar-refractivity contribution in [3.05, 3.63) is 28.5 Å². The number of hydrogen-bond donors (Lipinski definition) is 1. The second-order valence-corrected chi connectivity index (χ2v) is 5.10. The highest BCUT2D eigenvalue weighted by molar-refractivity contribution is 7.89. The molecule has 0 heterocycles. The SMILES string of the molecule is CCNS(=O)(=O)c1cc(Cl)c(F)c(C=O)c1. The first-order valence-electron chi connectivity index (χ1n) is 4.36. The molecule has 0 bridgehead atoms. The second kappa shape index (κ2) is 4.90. The molecule has 0 aliphatic carbocycles. The zero-order valence-electron chi connectivity index (χ0n) is 8.33. The Morgan fingerprint density at radius 1 is 1.50 bits per heavy atom. The molecule has 7 heteroatoms. The van der Waals surface area contributed by atoms with Gasteiger partial charge in [0.1, 0.15) is 0 Å². The summed E-state index contributed by atoms with van der Waals surface area (Å²) >= 11 is 5.48. The monoisotopic (exact) mass is 265 g/mol. The van der Waals surface area contributed by atoms with E-state index in [4.69, 9.17) is 11.6 Å². The van der Waals surface area contributed by atoms with E-state index in [9.17, 15) is 17.6 Å². The van der Waals surface area contributed by atoms with Gasteiger partial charge in [-0.1, -0.05) is 18.5 Å². The van der Waals surface area contributed by atoms with Crippen LogP contribution in [0.5, 0.6) is 0 Å². The average Bonchev–Trinajstić information content (AvgIpc) is 2.21. The summed E-state index contributed by atoms with van der Waals surface area (Å²) in [4.78, 5) is 10.3. The standard InChI is InChI=1S/C9H9ClFNO3S/c1-2-12-16(14,15)7-3-6(5-13)9(11)8(10)4-7/h3-5,12H,2H2,1H3. The lowest BCUT2D eigenvalue weighted by Gasteiger charge is -2.06. The highest BCUT2D eigenvalue weighted by Gasteiger charge is 2.17. The lowest BCUT2D eigenvalue weighted by Crippen LogP contribution is -2.23. The largest absolute Gasteiger partial charge is 0.298 e. The lowest BCUT2D eigenvalue weighted by atomic mass is 10.2. The predicted octanol–water partition coefficient (Wildman–Crippen LogP) is 1.59. The molecule has 0 spiro atoms. The van der Waals surface area contributed by atoms with Crippen molar-refractivity contribution in [2.75, 3.05) is 6.54 Å². The number of benzene rings is 1. The normalized spacial score (nSPS) is 11.4. The third-order valence-corrected chi connectivity index (χ3v) is 3.60. The van der Waals surface area contributed by atoms with Crippen LogP contribution < -0.4 is 4.72 Å². The van der Waals surface area contributed by atoms with Crippen LogP contribution in [0.15, 0.2) is 17.0 Å². The maximum absolute atomic E-state index is 13.2.